The SMILES string of the molecule is CCOC(=O)OCCCC(F)C(F)C(F)CCOC(=O)OCC. The number of hydrogen-bond acceptors (Lipinski definition) is 6. The summed E-state index contributed by atoms with van der Waals surface area (Å²) in [6.07, 6.45) is -9.11. The average molecular weight is 344 g/mol. The van der Waals surface area contributed by atoms with E-state index < -0.39 is 43.9 Å². The predicted octanol–water partition coefficient (Wildman–Crippen LogP) is 3.52. The van der Waals surface area contributed by atoms with Gasteiger partial charge in [-0.05, 0) is 26.7 Å². The van der Waals surface area contributed by atoms with Gasteiger partial charge in [-0.3, -0.25) is 0 Å². The van der Waals surface area contributed by atoms with Gasteiger partial charge in [-0.1, -0.05) is 0 Å². The van der Waals surface area contributed by atoms with E-state index in [1.165, 1.54) is 0 Å². The van der Waals surface area contributed by atoms with Crippen molar-refractivity contribution < 1.29 is 41.7 Å². The van der Waals surface area contributed by atoms with Crippen LogP contribution in [0.15, 0.2) is 0 Å². The maximum atomic E-state index is 13.5. The van der Waals surface area contributed by atoms with Gasteiger partial charge in [0.15, 0.2) is 6.17 Å². The van der Waals surface area contributed by atoms with Gasteiger partial charge >= 0.3 is 12.3 Å². The Hall–Kier alpha value is -1.67. The largest absolute Gasteiger partial charge is 0.508 e. The Balaban J connectivity index is 3.83. The maximum Gasteiger partial charge on any atom is 0.508 e. The fourth-order valence-electron chi connectivity index (χ4n) is 1.55. The van der Waals surface area contributed by atoms with Crippen molar-refractivity contribution in [1.29, 1.82) is 0 Å². The Morgan fingerprint density at radius 3 is 1.78 bits per heavy atom. The van der Waals surface area contributed by atoms with Crippen LogP contribution >= 0.6 is 0 Å². The van der Waals surface area contributed by atoms with Crippen LogP contribution in [0.4, 0.5) is 22.8 Å². The summed E-state index contributed by atoms with van der Waals surface area (Å²) >= 11 is 0. The second kappa shape index (κ2) is 12.8. The molecular weight excluding hydrogens is 321 g/mol. The Bertz CT molecular complexity index is 342. The number of ether oxygens (including phenoxy) is 4. The first-order chi connectivity index (χ1) is 10.9. The molecule has 0 aliphatic carbocycles. The lowest BCUT2D eigenvalue weighted by Gasteiger charge is -2.17. The fourth-order valence-corrected chi connectivity index (χ4v) is 1.55. The molecule has 0 aromatic carbocycles. The van der Waals surface area contributed by atoms with Gasteiger partial charge in [0, 0.05) is 6.42 Å². The van der Waals surface area contributed by atoms with E-state index in [4.69, 9.17) is 0 Å². The van der Waals surface area contributed by atoms with Crippen molar-refractivity contribution in [3.63, 3.8) is 0 Å². The monoisotopic (exact) mass is 344 g/mol. The Morgan fingerprint density at radius 2 is 1.26 bits per heavy atom. The van der Waals surface area contributed by atoms with Crippen LogP contribution in [-0.4, -0.2) is 57.3 Å². The van der Waals surface area contributed by atoms with E-state index in [-0.39, 0.29) is 32.7 Å². The van der Waals surface area contributed by atoms with Gasteiger partial charge in [-0.25, -0.2) is 22.8 Å². The summed E-state index contributed by atoms with van der Waals surface area (Å²) < 4.78 is 58.4. The van der Waals surface area contributed by atoms with E-state index in [0.29, 0.717) is 0 Å². The zero-order valence-corrected chi connectivity index (χ0v) is 13.3. The van der Waals surface area contributed by atoms with Crippen LogP contribution in [0.25, 0.3) is 0 Å². The van der Waals surface area contributed by atoms with E-state index in [9.17, 15) is 22.8 Å². The number of rotatable bonds is 11. The maximum absolute atomic E-state index is 13.5. The van der Waals surface area contributed by atoms with Gasteiger partial charge < -0.3 is 18.9 Å². The first-order valence-corrected chi connectivity index (χ1v) is 7.43. The van der Waals surface area contributed by atoms with Crippen molar-refractivity contribution in [2.45, 2.75) is 51.6 Å². The van der Waals surface area contributed by atoms with Crippen LogP contribution in [0, 0.1) is 0 Å². The summed E-state index contributed by atoms with van der Waals surface area (Å²) in [6.45, 7) is 2.86. The molecule has 0 saturated heterocycles. The van der Waals surface area contributed by atoms with Crippen molar-refractivity contribution in [3.8, 4) is 0 Å². The van der Waals surface area contributed by atoms with Crippen molar-refractivity contribution in [1.82, 2.24) is 0 Å². The molecule has 0 bridgehead atoms. The smallest absolute Gasteiger partial charge is 0.435 e. The van der Waals surface area contributed by atoms with Crippen molar-refractivity contribution in [2.24, 2.45) is 0 Å². The predicted molar refractivity (Wildman–Crippen MR) is 74.5 cm³/mol. The average Bonchev–Trinajstić information content (AvgIpc) is 2.51. The minimum Gasteiger partial charge on any atom is -0.435 e. The third kappa shape index (κ3) is 10.6. The Labute approximate surface area is 133 Å². The van der Waals surface area contributed by atoms with E-state index >= 15 is 0 Å². The molecule has 0 spiro atoms. The van der Waals surface area contributed by atoms with Gasteiger partial charge in [-0.2, -0.15) is 0 Å². The number of carbonyl (C=O) groups is 2. The highest BCUT2D eigenvalue weighted by atomic mass is 19.2. The molecule has 3 atom stereocenters. The molecule has 0 fully saturated rings. The zero-order valence-electron chi connectivity index (χ0n) is 13.3. The molecule has 0 heterocycles. The molecule has 0 N–H and O–H groups in total. The third-order valence-electron chi connectivity index (χ3n) is 2.67. The van der Waals surface area contributed by atoms with Gasteiger partial charge in [0.25, 0.3) is 0 Å². The topological polar surface area (TPSA) is 71.1 Å². The van der Waals surface area contributed by atoms with Crippen LogP contribution in [0.2, 0.25) is 0 Å². The van der Waals surface area contributed by atoms with Crippen LogP contribution in [0.1, 0.15) is 33.1 Å². The molecule has 0 aliphatic rings. The second-order valence-electron chi connectivity index (χ2n) is 4.47. The Morgan fingerprint density at radius 1 is 0.783 bits per heavy atom. The summed E-state index contributed by atoms with van der Waals surface area (Å²) in [5, 5.41) is 0. The summed E-state index contributed by atoms with van der Waals surface area (Å²) in [5.74, 6) is 0. The molecule has 6 nitrogen and oxygen atoms in total. The highest BCUT2D eigenvalue weighted by Crippen LogP contribution is 2.19. The summed E-state index contributed by atoms with van der Waals surface area (Å²) in [7, 11) is 0. The molecular formula is C14H23F3O6. The first kappa shape index (κ1) is 21.3. The minimum absolute atomic E-state index is 0.0342. The normalized spacial score (nSPS) is 14.5. The molecule has 0 radical (unpaired) electrons. The molecule has 9 heteroatoms. The molecule has 0 rings (SSSR count). The zero-order chi connectivity index (χ0) is 17.7. The summed E-state index contributed by atoms with van der Waals surface area (Å²) in [6, 6.07) is 0. The lowest BCUT2D eigenvalue weighted by atomic mass is 10.1. The van der Waals surface area contributed by atoms with Crippen LogP contribution in [-0.2, 0) is 18.9 Å². The summed E-state index contributed by atoms with van der Waals surface area (Å²) in [5.41, 5.74) is 0. The molecule has 136 valence electrons. The van der Waals surface area contributed by atoms with Gasteiger partial charge in [-0.15, -0.1) is 0 Å². The van der Waals surface area contributed by atoms with Gasteiger partial charge in [0.2, 0.25) is 0 Å². The first-order valence-electron chi connectivity index (χ1n) is 7.43. The molecule has 3 unspecified atom stereocenters. The number of alkyl halides is 3. The van der Waals surface area contributed by atoms with Gasteiger partial charge in [0.05, 0.1) is 26.4 Å². The van der Waals surface area contributed by atoms with Crippen molar-refractivity contribution in [2.75, 3.05) is 26.4 Å². The molecule has 0 amide bonds. The van der Waals surface area contributed by atoms with Gasteiger partial charge in [0.1, 0.15) is 12.3 Å². The highest BCUT2D eigenvalue weighted by molar-refractivity contribution is 5.59. The van der Waals surface area contributed by atoms with Crippen LogP contribution in [0.3, 0.4) is 0 Å². The number of halogens is 3. The number of hydrogen-bond donors (Lipinski definition) is 0. The van der Waals surface area contributed by atoms with Crippen LogP contribution in [0.5, 0.6) is 0 Å². The lowest BCUT2D eigenvalue weighted by Crippen LogP contribution is -2.29. The van der Waals surface area contributed by atoms with E-state index in [0.717, 1.165) is 0 Å². The lowest BCUT2D eigenvalue weighted by molar-refractivity contribution is 0.0295. The van der Waals surface area contributed by atoms with Crippen molar-refractivity contribution in [3.05, 3.63) is 0 Å². The van der Waals surface area contributed by atoms with E-state index in [2.05, 4.69) is 18.9 Å². The third-order valence-corrected chi connectivity index (χ3v) is 2.67. The molecule has 0 aliphatic heterocycles. The Kier molecular flexibility index (Phi) is 11.9. The van der Waals surface area contributed by atoms with E-state index in [1.807, 2.05) is 0 Å². The molecule has 0 aromatic heterocycles. The second-order valence-corrected chi connectivity index (χ2v) is 4.47. The summed E-state index contributed by atoms with van der Waals surface area (Å²) in [4.78, 5) is 21.6. The fraction of sp³-hybridized carbons (Fsp3) is 0.857. The molecule has 0 aromatic rings. The highest BCUT2D eigenvalue weighted by Gasteiger charge is 2.29. The van der Waals surface area contributed by atoms with E-state index in [1.54, 1.807) is 13.8 Å². The van der Waals surface area contributed by atoms with Crippen LogP contribution < -0.4 is 0 Å². The molecule has 23 heavy (non-hydrogen) atoms. The molecule has 0 saturated carbocycles. The standard InChI is InChI=1S/C14H23F3O6/c1-3-20-13(18)22-8-5-6-10(15)12(17)11(16)7-9-23-14(19)21-4-2/h10-12H,3-9H2,1-2H3. The van der Waals surface area contributed by atoms with Crippen molar-refractivity contribution >= 4 is 12.3 Å². The number of carbonyl (C=O) groups excluding carboxylic acids is 2. The quantitative estimate of drug-likeness (QED) is 0.422. The minimum atomic E-state index is -2.34.